The van der Waals surface area contributed by atoms with Crippen LogP contribution in [0.5, 0.6) is 0 Å². The number of para-hydroxylation sites is 1. The molecular formula is C18H21ClN4O. The number of aliphatic hydroxyl groups excluding tert-OH is 1. The molecule has 0 spiro atoms. The van der Waals surface area contributed by atoms with Crippen LogP contribution in [0, 0.1) is 13.8 Å². The Hall–Kier alpha value is -2.37. The molecule has 3 aromatic rings. The summed E-state index contributed by atoms with van der Waals surface area (Å²) in [4.78, 5) is 9.11. The van der Waals surface area contributed by atoms with Gasteiger partial charge in [0.1, 0.15) is 5.82 Å². The second-order valence-corrected chi connectivity index (χ2v) is 5.49. The van der Waals surface area contributed by atoms with Crippen LogP contribution in [-0.4, -0.2) is 28.2 Å². The Morgan fingerprint density at radius 1 is 1.00 bits per heavy atom. The normalized spacial score (nSPS) is 10.3. The fourth-order valence-electron chi connectivity index (χ4n) is 2.39. The van der Waals surface area contributed by atoms with Crippen molar-refractivity contribution in [2.75, 3.05) is 23.8 Å². The lowest BCUT2D eigenvalue weighted by Gasteiger charge is -2.12. The molecule has 6 heteroatoms. The Balaban J connectivity index is 0.00000208. The summed E-state index contributed by atoms with van der Waals surface area (Å²) in [6.45, 7) is 4.67. The number of nitrogens with zero attached hydrogens (tertiary/aromatic N) is 2. The zero-order chi connectivity index (χ0) is 16.2. The topological polar surface area (TPSA) is 70.1 Å². The third-order valence-corrected chi connectivity index (χ3v) is 3.77. The largest absolute Gasteiger partial charge is 0.395 e. The van der Waals surface area contributed by atoms with Gasteiger partial charge in [0.05, 0.1) is 12.1 Å². The van der Waals surface area contributed by atoms with E-state index in [0.29, 0.717) is 12.5 Å². The number of benzene rings is 2. The van der Waals surface area contributed by atoms with Crippen LogP contribution in [-0.2, 0) is 0 Å². The monoisotopic (exact) mass is 344 g/mol. The summed E-state index contributed by atoms with van der Waals surface area (Å²) >= 11 is 0. The number of nitrogens with one attached hydrogen (secondary N) is 2. The zero-order valence-electron chi connectivity index (χ0n) is 13.7. The minimum atomic E-state index is 0. The molecule has 1 aromatic heterocycles. The summed E-state index contributed by atoms with van der Waals surface area (Å²) in [5, 5.41) is 16.4. The van der Waals surface area contributed by atoms with Crippen molar-refractivity contribution in [2.45, 2.75) is 13.8 Å². The molecule has 0 saturated carbocycles. The third kappa shape index (κ3) is 3.93. The number of aryl methyl sites for hydroxylation is 2. The van der Waals surface area contributed by atoms with E-state index in [0.717, 1.165) is 22.4 Å². The highest BCUT2D eigenvalue weighted by Crippen LogP contribution is 2.24. The lowest BCUT2D eigenvalue weighted by atomic mass is 10.1. The van der Waals surface area contributed by atoms with Crippen molar-refractivity contribution in [2.24, 2.45) is 0 Å². The summed E-state index contributed by atoms with van der Waals surface area (Å²) in [6, 6.07) is 14.0. The van der Waals surface area contributed by atoms with Crippen molar-refractivity contribution < 1.29 is 5.11 Å². The molecule has 0 aliphatic heterocycles. The number of aromatic nitrogens is 2. The van der Waals surface area contributed by atoms with Gasteiger partial charge in [-0.25, -0.2) is 4.98 Å². The van der Waals surface area contributed by atoms with Crippen molar-refractivity contribution in [1.82, 2.24) is 9.97 Å². The van der Waals surface area contributed by atoms with Crippen LogP contribution in [0.2, 0.25) is 0 Å². The number of fused-ring (bicyclic) bond motifs is 1. The first kappa shape index (κ1) is 18.0. The molecule has 0 unspecified atom stereocenters. The fourth-order valence-corrected chi connectivity index (χ4v) is 2.39. The highest BCUT2D eigenvalue weighted by Gasteiger charge is 2.07. The molecule has 3 rings (SSSR count). The Kier molecular flexibility index (Phi) is 5.95. The molecule has 0 aliphatic rings. The molecular weight excluding hydrogens is 324 g/mol. The molecule has 1 heterocycles. The highest BCUT2D eigenvalue weighted by molar-refractivity contribution is 5.90. The molecule has 0 amide bonds. The van der Waals surface area contributed by atoms with Crippen molar-refractivity contribution in [3.8, 4) is 0 Å². The van der Waals surface area contributed by atoms with Gasteiger partial charge in [0.25, 0.3) is 0 Å². The Morgan fingerprint density at radius 2 is 1.79 bits per heavy atom. The predicted octanol–water partition coefficient (Wildman–Crippen LogP) is 3.82. The average molecular weight is 345 g/mol. The summed E-state index contributed by atoms with van der Waals surface area (Å²) in [5.74, 6) is 1.25. The highest BCUT2D eigenvalue weighted by atomic mass is 35.5. The molecule has 0 saturated heterocycles. The van der Waals surface area contributed by atoms with E-state index in [1.54, 1.807) is 0 Å². The molecule has 0 aliphatic carbocycles. The van der Waals surface area contributed by atoms with Crippen molar-refractivity contribution in [3.05, 3.63) is 53.6 Å². The van der Waals surface area contributed by atoms with E-state index >= 15 is 0 Å². The molecule has 0 atom stereocenters. The number of halogens is 1. The van der Waals surface area contributed by atoms with Gasteiger partial charge in [-0.1, -0.05) is 18.2 Å². The van der Waals surface area contributed by atoms with Gasteiger partial charge in [-0.05, 0) is 49.2 Å². The van der Waals surface area contributed by atoms with Gasteiger partial charge in [-0.15, -0.1) is 12.4 Å². The first-order chi connectivity index (χ1) is 11.2. The maximum absolute atomic E-state index is 9.04. The van der Waals surface area contributed by atoms with Gasteiger partial charge in [0.15, 0.2) is 0 Å². The standard InChI is InChI=1S/C18H20N4O.ClH/c1-12-7-8-14(11-13(12)2)20-18-21-16-6-4-3-5-15(16)17(22-18)19-9-10-23;/h3-8,11,23H,9-10H2,1-2H3,(H2,19,20,21,22);1H. The lowest BCUT2D eigenvalue weighted by molar-refractivity contribution is 0.311. The van der Waals surface area contributed by atoms with Crippen molar-refractivity contribution in [1.29, 1.82) is 0 Å². The molecule has 3 N–H and O–H groups in total. The van der Waals surface area contributed by atoms with E-state index < -0.39 is 0 Å². The minimum Gasteiger partial charge on any atom is -0.395 e. The first-order valence-electron chi connectivity index (χ1n) is 7.63. The first-order valence-corrected chi connectivity index (χ1v) is 7.63. The Labute approximate surface area is 147 Å². The van der Waals surface area contributed by atoms with Crippen LogP contribution in [0.1, 0.15) is 11.1 Å². The number of rotatable bonds is 5. The molecule has 0 fully saturated rings. The van der Waals surface area contributed by atoms with Gasteiger partial charge in [0, 0.05) is 17.6 Å². The smallest absolute Gasteiger partial charge is 0.229 e. The van der Waals surface area contributed by atoms with Gasteiger partial charge in [0.2, 0.25) is 5.95 Å². The maximum Gasteiger partial charge on any atom is 0.229 e. The van der Waals surface area contributed by atoms with Crippen LogP contribution in [0.3, 0.4) is 0 Å². The Morgan fingerprint density at radius 3 is 2.54 bits per heavy atom. The summed E-state index contributed by atoms with van der Waals surface area (Å²) < 4.78 is 0. The Bertz CT molecular complexity index is 838. The molecule has 0 radical (unpaired) electrons. The van der Waals surface area contributed by atoms with E-state index in [-0.39, 0.29) is 19.0 Å². The van der Waals surface area contributed by atoms with E-state index in [1.165, 1.54) is 11.1 Å². The van der Waals surface area contributed by atoms with E-state index in [2.05, 4.69) is 46.6 Å². The lowest BCUT2D eigenvalue weighted by Crippen LogP contribution is -2.09. The van der Waals surface area contributed by atoms with Crippen LogP contribution >= 0.6 is 12.4 Å². The molecule has 0 bridgehead atoms. The number of hydrogen-bond donors (Lipinski definition) is 3. The van der Waals surface area contributed by atoms with Crippen molar-refractivity contribution in [3.63, 3.8) is 0 Å². The molecule has 24 heavy (non-hydrogen) atoms. The zero-order valence-corrected chi connectivity index (χ0v) is 14.5. The quantitative estimate of drug-likeness (QED) is 0.656. The summed E-state index contributed by atoms with van der Waals surface area (Å²) in [6.07, 6.45) is 0. The van der Waals surface area contributed by atoms with E-state index in [4.69, 9.17) is 5.11 Å². The van der Waals surface area contributed by atoms with Gasteiger partial charge in [-0.3, -0.25) is 0 Å². The van der Waals surface area contributed by atoms with Crippen LogP contribution in [0.15, 0.2) is 42.5 Å². The molecule has 126 valence electrons. The van der Waals surface area contributed by atoms with Crippen LogP contribution < -0.4 is 10.6 Å². The minimum absolute atomic E-state index is 0. The second-order valence-electron chi connectivity index (χ2n) is 5.49. The van der Waals surface area contributed by atoms with Crippen LogP contribution in [0.4, 0.5) is 17.5 Å². The fraction of sp³-hybridized carbons (Fsp3) is 0.222. The van der Waals surface area contributed by atoms with E-state index in [9.17, 15) is 0 Å². The molecule has 5 nitrogen and oxygen atoms in total. The van der Waals surface area contributed by atoms with Gasteiger partial charge in [-0.2, -0.15) is 4.98 Å². The SMILES string of the molecule is Cc1ccc(Nc2nc(NCCO)c3ccccc3n2)cc1C.Cl. The number of anilines is 3. The second kappa shape index (κ2) is 7.95. The number of aliphatic hydroxyl groups is 1. The number of hydrogen-bond acceptors (Lipinski definition) is 5. The van der Waals surface area contributed by atoms with Crippen molar-refractivity contribution >= 4 is 40.8 Å². The molecule has 2 aromatic carbocycles. The van der Waals surface area contributed by atoms with Crippen LogP contribution in [0.25, 0.3) is 10.9 Å². The summed E-state index contributed by atoms with van der Waals surface area (Å²) in [5.41, 5.74) is 4.28. The predicted molar refractivity (Wildman–Crippen MR) is 102 cm³/mol. The average Bonchev–Trinajstić information content (AvgIpc) is 2.56. The van der Waals surface area contributed by atoms with Gasteiger partial charge < -0.3 is 15.7 Å². The third-order valence-electron chi connectivity index (χ3n) is 3.77. The van der Waals surface area contributed by atoms with Gasteiger partial charge >= 0.3 is 0 Å². The van der Waals surface area contributed by atoms with E-state index in [1.807, 2.05) is 30.3 Å². The maximum atomic E-state index is 9.04. The summed E-state index contributed by atoms with van der Waals surface area (Å²) in [7, 11) is 0.